The van der Waals surface area contributed by atoms with E-state index in [4.69, 9.17) is 33.2 Å². The predicted octanol–water partition coefficient (Wildman–Crippen LogP) is 2.68. The average Bonchev–Trinajstić information content (AvgIpc) is 3.12. The standard InChI is InChI=1S/C41H75N2O13/c1-16-29-41(11,49)34(45)26(7)43(14)21-22(3)19-39(9,48)36(56-38-33(54-30(44)17-2)28(42(12)13)18-23(4)51-38)24(5)32(25(6)37(47)53-29)55-31-20-40(10,50-15)35(46)27(8)52-31/h17,22-29,31-36,38,45-46,48-49H,16,18-21H2,1-15H3/t22-,23-,24+,25-,26-,27+,28+,29-,31+,32+,33-,34-,35+,36-,38+,39-,40-,41-/m1/s1. The van der Waals surface area contributed by atoms with Crippen LogP contribution in [0.2, 0.25) is 0 Å². The molecule has 18 atom stereocenters. The molecule has 0 aromatic rings. The van der Waals surface area contributed by atoms with E-state index >= 15 is 0 Å². The van der Waals surface area contributed by atoms with Crippen molar-refractivity contribution in [3.05, 3.63) is 6.42 Å². The van der Waals surface area contributed by atoms with Crippen LogP contribution in [-0.4, -0.2) is 167 Å². The average molecular weight is 804 g/mol. The number of esters is 2. The van der Waals surface area contributed by atoms with E-state index in [9.17, 15) is 30.0 Å². The molecule has 3 aliphatic heterocycles. The van der Waals surface area contributed by atoms with Crippen LogP contribution in [0.1, 0.15) is 102 Å². The van der Waals surface area contributed by atoms with E-state index in [-0.39, 0.29) is 37.3 Å². The van der Waals surface area contributed by atoms with Gasteiger partial charge >= 0.3 is 11.9 Å². The summed E-state index contributed by atoms with van der Waals surface area (Å²) in [6, 6.07) is -0.845. The largest absolute Gasteiger partial charge is 0.459 e. The highest BCUT2D eigenvalue weighted by atomic mass is 16.7. The summed E-state index contributed by atoms with van der Waals surface area (Å²) >= 11 is 0. The number of carbonyl (C=O) groups excluding carboxylic acids is 2. The van der Waals surface area contributed by atoms with Gasteiger partial charge in [0, 0.05) is 32.0 Å². The monoisotopic (exact) mass is 804 g/mol. The Balaban J connectivity index is 2.23. The molecule has 15 nitrogen and oxygen atoms in total. The van der Waals surface area contributed by atoms with Crippen LogP contribution in [-0.2, 0) is 42.7 Å². The molecule has 0 saturated carbocycles. The smallest absolute Gasteiger partial charge is 0.311 e. The molecule has 1 radical (unpaired) electrons. The zero-order valence-corrected chi connectivity index (χ0v) is 36.6. The summed E-state index contributed by atoms with van der Waals surface area (Å²) in [5.74, 6) is -3.26. The van der Waals surface area contributed by atoms with Crippen molar-refractivity contribution in [3.8, 4) is 0 Å². The van der Waals surface area contributed by atoms with Gasteiger partial charge in [-0.05, 0) is 94.8 Å². The lowest BCUT2D eigenvalue weighted by Gasteiger charge is -2.49. The molecule has 0 aromatic carbocycles. The number of likely N-dealkylation sites (N-methyl/N-ethyl adjacent to an activating group) is 2. The first-order chi connectivity index (χ1) is 25.8. The molecule has 0 spiro atoms. The summed E-state index contributed by atoms with van der Waals surface area (Å²) in [4.78, 5) is 31.0. The highest BCUT2D eigenvalue weighted by Crippen LogP contribution is 2.40. The maximum Gasteiger partial charge on any atom is 0.311 e. The number of aliphatic hydroxyl groups is 4. The van der Waals surface area contributed by atoms with Crippen LogP contribution in [0.15, 0.2) is 0 Å². The predicted molar refractivity (Wildman–Crippen MR) is 208 cm³/mol. The second-order valence-electron chi connectivity index (χ2n) is 17.9. The van der Waals surface area contributed by atoms with Crippen molar-refractivity contribution in [1.29, 1.82) is 0 Å². The minimum Gasteiger partial charge on any atom is -0.459 e. The van der Waals surface area contributed by atoms with Gasteiger partial charge in [-0.15, -0.1) is 0 Å². The van der Waals surface area contributed by atoms with Crippen molar-refractivity contribution in [1.82, 2.24) is 9.80 Å². The molecule has 0 amide bonds. The zero-order valence-electron chi connectivity index (χ0n) is 36.6. The van der Waals surface area contributed by atoms with Gasteiger partial charge in [0.05, 0.1) is 54.0 Å². The SMILES string of the molecule is C[CH]C(=O)O[C@H]1[C@H](O[C@@H]2[C@@H](C)[C@H](O[C@H]3C[C@@](C)(OC)[C@@H](O)[C@H](C)O3)[C@@H](C)C(=O)O[C@H](CC)[C@@](C)(O)[C@H](O)[C@@H](C)N(C)C[C@H](C)C[C@@]2(C)O)O[C@H](C)C[C@@H]1N(C)C. The van der Waals surface area contributed by atoms with Crippen LogP contribution in [0.5, 0.6) is 0 Å². The Kier molecular flexibility index (Phi) is 17.2. The van der Waals surface area contributed by atoms with Gasteiger partial charge in [-0.3, -0.25) is 9.59 Å². The number of methoxy groups -OCH3 is 1. The summed E-state index contributed by atoms with van der Waals surface area (Å²) < 4.78 is 44.0. The molecule has 327 valence electrons. The molecule has 0 aromatic heterocycles. The minimum atomic E-state index is -1.82. The summed E-state index contributed by atoms with van der Waals surface area (Å²) in [6.45, 7) is 19.6. The van der Waals surface area contributed by atoms with Gasteiger partial charge < -0.3 is 63.4 Å². The molecule has 0 unspecified atom stereocenters. The van der Waals surface area contributed by atoms with Gasteiger partial charge in [0.1, 0.15) is 23.9 Å². The Labute approximate surface area is 335 Å². The van der Waals surface area contributed by atoms with E-state index in [0.717, 1.165) is 0 Å². The maximum absolute atomic E-state index is 14.3. The van der Waals surface area contributed by atoms with E-state index < -0.39 is 102 Å². The van der Waals surface area contributed by atoms with Gasteiger partial charge in [-0.1, -0.05) is 27.7 Å². The number of hydrogen-bond acceptors (Lipinski definition) is 15. The molecule has 3 fully saturated rings. The molecule has 15 heteroatoms. The molecular formula is C41H75N2O13. The highest BCUT2D eigenvalue weighted by molar-refractivity contribution is 5.78. The fraction of sp³-hybridized carbons (Fsp3) is 0.927. The second kappa shape index (κ2) is 19.7. The number of nitrogens with zero attached hydrogens (tertiary/aromatic N) is 2. The lowest BCUT2D eigenvalue weighted by atomic mass is 9.77. The third kappa shape index (κ3) is 11.2. The fourth-order valence-corrected chi connectivity index (χ4v) is 9.05. The summed E-state index contributed by atoms with van der Waals surface area (Å²) in [6.07, 6.45) is -7.06. The maximum atomic E-state index is 14.3. The normalized spacial score (nSPS) is 46.8. The van der Waals surface area contributed by atoms with Gasteiger partial charge in [0.25, 0.3) is 0 Å². The van der Waals surface area contributed by atoms with Crippen molar-refractivity contribution >= 4 is 11.9 Å². The summed E-state index contributed by atoms with van der Waals surface area (Å²) in [5, 5.41) is 47.0. The number of rotatable bonds is 9. The Morgan fingerprint density at radius 1 is 0.982 bits per heavy atom. The van der Waals surface area contributed by atoms with Crippen LogP contribution in [0, 0.1) is 24.2 Å². The van der Waals surface area contributed by atoms with Crippen LogP contribution < -0.4 is 0 Å². The Hall–Kier alpha value is -1.50. The van der Waals surface area contributed by atoms with Gasteiger partial charge in [0.15, 0.2) is 18.7 Å². The van der Waals surface area contributed by atoms with Crippen LogP contribution in [0.3, 0.4) is 0 Å². The van der Waals surface area contributed by atoms with Crippen molar-refractivity contribution in [2.24, 2.45) is 17.8 Å². The first-order valence-corrected chi connectivity index (χ1v) is 20.4. The van der Waals surface area contributed by atoms with Gasteiger partial charge in [-0.25, -0.2) is 0 Å². The van der Waals surface area contributed by atoms with E-state index in [0.29, 0.717) is 13.0 Å². The lowest BCUT2D eigenvalue weighted by molar-refractivity contribution is -0.318. The van der Waals surface area contributed by atoms with E-state index in [1.165, 1.54) is 20.5 Å². The van der Waals surface area contributed by atoms with Crippen molar-refractivity contribution in [2.75, 3.05) is 34.8 Å². The van der Waals surface area contributed by atoms with Gasteiger partial charge in [-0.2, -0.15) is 0 Å². The number of ether oxygens (including phenoxy) is 7. The quantitative estimate of drug-likeness (QED) is 0.249. The molecular weight excluding hydrogens is 728 g/mol. The van der Waals surface area contributed by atoms with Crippen LogP contribution in [0.25, 0.3) is 0 Å². The van der Waals surface area contributed by atoms with E-state index in [1.54, 1.807) is 48.5 Å². The molecule has 4 N–H and O–H groups in total. The first-order valence-electron chi connectivity index (χ1n) is 20.4. The third-order valence-electron chi connectivity index (χ3n) is 12.7. The fourth-order valence-electron chi connectivity index (χ4n) is 9.05. The molecule has 56 heavy (non-hydrogen) atoms. The Morgan fingerprint density at radius 3 is 2.16 bits per heavy atom. The molecule has 0 aliphatic carbocycles. The van der Waals surface area contributed by atoms with Gasteiger partial charge in [0.2, 0.25) is 0 Å². The molecule has 0 bridgehead atoms. The minimum absolute atomic E-state index is 0.112. The number of carbonyl (C=O) groups is 2. The van der Waals surface area contributed by atoms with Crippen LogP contribution >= 0.6 is 0 Å². The van der Waals surface area contributed by atoms with E-state index in [2.05, 4.69) is 0 Å². The molecule has 3 heterocycles. The molecule has 3 rings (SSSR count). The third-order valence-corrected chi connectivity index (χ3v) is 12.7. The van der Waals surface area contributed by atoms with Crippen molar-refractivity contribution in [3.63, 3.8) is 0 Å². The Bertz CT molecular complexity index is 1270. The highest BCUT2D eigenvalue weighted by Gasteiger charge is 2.53. The molecule has 3 saturated heterocycles. The van der Waals surface area contributed by atoms with Crippen molar-refractivity contribution in [2.45, 2.75) is 192 Å². The Morgan fingerprint density at radius 2 is 1.61 bits per heavy atom. The lowest BCUT2D eigenvalue weighted by Crippen LogP contribution is -2.61. The second-order valence-corrected chi connectivity index (χ2v) is 17.9. The number of aliphatic hydroxyl groups excluding tert-OH is 2. The first kappa shape index (κ1) is 48.9. The number of hydrogen-bond donors (Lipinski definition) is 4. The summed E-state index contributed by atoms with van der Waals surface area (Å²) in [7, 11) is 7.12. The van der Waals surface area contributed by atoms with Crippen LogP contribution in [0.4, 0.5) is 0 Å². The number of cyclic esters (lactones) is 1. The summed E-state index contributed by atoms with van der Waals surface area (Å²) in [5.41, 5.74) is -4.47. The van der Waals surface area contributed by atoms with E-state index in [1.807, 2.05) is 51.7 Å². The van der Waals surface area contributed by atoms with Crippen molar-refractivity contribution < 1.29 is 63.2 Å². The molecule has 3 aliphatic rings. The zero-order chi connectivity index (χ0) is 42.7. The topological polar surface area (TPSA) is 186 Å².